The van der Waals surface area contributed by atoms with Crippen LogP contribution in [0.3, 0.4) is 0 Å². The molecule has 0 N–H and O–H groups in total. The minimum absolute atomic E-state index is 0.377. The van der Waals surface area contributed by atoms with Crippen molar-refractivity contribution in [1.29, 1.82) is 0 Å². The topological polar surface area (TPSA) is 78.6 Å². The van der Waals surface area contributed by atoms with E-state index >= 15 is 0 Å². The predicted molar refractivity (Wildman–Crippen MR) is 107 cm³/mol. The average molecular weight is 388 g/mol. The number of aromatic nitrogens is 6. The Balaban J connectivity index is 1.43. The van der Waals surface area contributed by atoms with Crippen molar-refractivity contribution in [3.8, 4) is 0 Å². The normalized spacial score (nSPS) is 16.1. The van der Waals surface area contributed by atoms with Crippen molar-refractivity contribution >= 4 is 28.1 Å². The van der Waals surface area contributed by atoms with Crippen molar-refractivity contribution < 1.29 is 0 Å². The lowest BCUT2D eigenvalue weighted by atomic mass is 9.96. The van der Waals surface area contributed by atoms with Gasteiger partial charge in [-0.15, -0.1) is 15.3 Å². The van der Waals surface area contributed by atoms with Gasteiger partial charge in [0.25, 0.3) is 0 Å². The van der Waals surface area contributed by atoms with Gasteiger partial charge in [0.1, 0.15) is 5.82 Å². The standard InChI is InChI=1S/C17H25N9S/c1-23(2)15-6-5-14-19-20-16(26(14)21-15)12-7-9-25(10-8-12)11-13-18-17(24(3)4)27-22-13/h5-6,12H,7-11H2,1-4H3. The summed E-state index contributed by atoms with van der Waals surface area (Å²) in [6.45, 7) is 2.81. The molecule has 9 nitrogen and oxygen atoms in total. The summed E-state index contributed by atoms with van der Waals surface area (Å²) < 4.78 is 6.38. The number of hydrogen-bond acceptors (Lipinski definition) is 9. The fourth-order valence-corrected chi connectivity index (χ4v) is 3.92. The van der Waals surface area contributed by atoms with Crippen molar-refractivity contribution in [1.82, 2.24) is 34.1 Å². The molecule has 144 valence electrons. The van der Waals surface area contributed by atoms with Crippen molar-refractivity contribution in [2.24, 2.45) is 0 Å². The second kappa shape index (κ2) is 7.35. The smallest absolute Gasteiger partial charge is 0.204 e. The van der Waals surface area contributed by atoms with Gasteiger partial charge in [-0.3, -0.25) is 4.90 Å². The summed E-state index contributed by atoms with van der Waals surface area (Å²) in [6.07, 6.45) is 2.08. The molecule has 10 heteroatoms. The summed E-state index contributed by atoms with van der Waals surface area (Å²) in [4.78, 5) is 11.0. The van der Waals surface area contributed by atoms with E-state index in [0.717, 1.165) is 60.7 Å². The van der Waals surface area contributed by atoms with E-state index in [2.05, 4.69) is 24.5 Å². The lowest BCUT2D eigenvalue weighted by Crippen LogP contribution is -2.33. The van der Waals surface area contributed by atoms with E-state index in [-0.39, 0.29) is 0 Å². The lowest BCUT2D eigenvalue weighted by molar-refractivity contribution is 0.197. The summed E-state index contributed by atoms with van der Waals surface area (Å²) in [5, 5.41) is 14.4. The zero-order valence-electron chi connectivity index (χ0n) is 16.2. The minimum atomic E-state index is 0.377. The van der Waals surface area contributed by atoms with Crippen LogP contribution in [0.4, 0.5) is 10.9 Å². The third-order valence-electron chi connectivity index (χ3n) is 4.89. The van der Waals surface area contributed by atoms with Crippen molar-refractivity contribution in [3.05, 3.63) is 23.8 Å². The van der Waals surface area contributed by atoms with Crippen LogP contribution in [0.15, 0.2) is 12.1 Å². The summed E-state index contributed by atoms with van der Waals surface area (Å²) in [5.41, 5.74) is 0.806. The fraction of sp³-hybridized carbons (Fsp3) is 0.588. The number of fused-ring (bicyclic) bond motifs is 1. The summed E-state index contributed by atoms with van der Waals surface area (Å²) in [6, 6.07) is 3.95. The van der Waals surface area contributed by atoms with Gasteiger partial charge in [-0.05, 0) is 38.1 Å². The molecule has 1 aliphatic heterocycles. The van der Waals surface area contributed by atoms with Gasteiger partial charge in [-0.1, -0.05) is 0 Å². The maximum Gasteiger partial charge on any atom is 0.204 e. The van der Waals surface area contributed by atoms with Crippen LogP contribution in [0, 0.1) is 0 Å². The van der Waals surface area contributed by atoms with Crippen molar-refractivity contribution in [2.45, 2.75) is 25.3 Å². The van der Waals surface area contributed by atoms with E-state index in [0.29, 0.717) is 5.92 Å². The molecule has 0 atom stereocenters. The Morgan fingerprint density at radius 1 is 1.07 bits per heavy atom. The van der Waals surface area contributed by atoms with Crippen molar-refractivity contribution in [2.75, 3.05) is 51.1 Å². The highest BCUT2D eigenvalue weighted by molar-refractivity contribution is 7.09. The van der Waals surface area contributed by atoms with Crippen LogP contribution in [-0.2, 0) is 6.54 Å². The van der Waals surface area contributed by atoms with Crippen molar-refractivity contribution in [3.63, 3.8) is 0 Å². The van der Waals surface area contributed by atoms with Crippen LogP contribution in [0.25, 0.3) is 5.65 Å². The Kier molecular flexibility index (Phi) is 4.92. The maximum atomic E-state index is 4.70. The van der Waals surface area contributed by atoms with E-state index in [1.807, 2.05) is 54.6 Å². The molecule has 1 aliphatic rings. The number of piperidine rings is 1. The minimum Gasteiger partial charge on any atom is -0.361 e. The molecule has 1 fully saturated rings. The first-order valence-electron chi connectivity index (χ1n) is 9.13. The Hall–Kier alpha value is -2.33. The van der Waals surface area contributed by atoms with Gasteiger partial charge in [0.2, 0.25) is 5.13 Å². The molecule has 1 saturated heterocycles. The third kappa shape index (κ3) is 3.72. The largest absolute Gasteiger partial charge is 0.361 e. The van der Waals surface area contributed by atoms with Gasteiger partial charge >= 0.3 is 0 Å². The molecule has 3 aromatic rings. The highest BCUT2D eigenvalue weighted by Gasteiger charge is 2.26. The first-order valence-corrected chi connectivity index (χ1v) is 9.90. The molecule has 0 bridgehead atoms. The number of anilines is 2. The number of rotatable bonds is 5. The average Bonchev–Trinajstić information content (AvgIpc) is 3.29. The highest BCUT2D eigenvalue weighted by atomic mass is 32.1. The van der Waals surface area contributed by atoms with Crippen LogP contribution >= 0.6 is 11.5 Å². The summed E-state index contributed by atoms with van der Waals surface area (Å²) in [7, 11) is 7.97. The second-order valence-corrected chi connectivity index (χ2v) is 8.08. The molecular weight excluding hydrogens is 362 g/mol. The molecule has 3 aromatic heterocycles. The van der Waals surface area contributed by atoms with Gasteiger partial charge in [-0.25, -0.2) is 4.98 Å². The molecule has 0 aromatic carbocycles. The van der Waals surface area contributed by atoms with Gasteiger partial charge < -0.3 is 9.80 Å². The van der Waals surface area contributed by atoms with Crippen LogP contribution < -0.4 is 9.80 Å². The lowest BCUT2D eigenvalue weighted by Gasteiger charge is -2.30. The first kappa shape index (κ1) is 18.1. The fourth-order valence-electron chi connectivity index (χ4n) is 3.33. The van der Waals surface area contributed by atoms with E-state index < -0.39 is 0 Å². The van der Waals surface area contributed by atoms with E-state index in [9.17, 15) is 0 Å². The first-order chi connectivity index (χ1) is 13.0. The highest BCUT2D eigenvalue weighted by Crippen LogP contribution is 2.28. The quantitative estimate of drug-likeness (QED) is 0.652. The Morgan fingerprint density at radius 2 is 1.85 bits per heavy atom. The molecule has 0 saturated carbocycles. The summed E-state index contributed by atoms with van der Waals surface area (Å²) >= 11 is 1.45. The van der Waals surface area contributed by atoms with Gasteiger partial charge in [0.05, 0.1) is 6.54 Å². The molecule has 0 unspecified atom stereocenters. The molecular formula is C17H25N9S. The number of nitrogens with zero attached hydrogens (tertiary/aromatic N) is 9. The van der Waals surface area contributed by atoms with Gasteiger partial charge in [0.15, 0.2) is 17.3 Å². The van der Waals surface area contributed by atoms with Crippen LogP contribution in [0.2, 0.25) is 0 Å². The van der Waals surface area contributed by atoms with Crippen LogP contribution in [0.1, 0.15) is 30.4 Å². The van der Waals surface area contributed by atoms with Gasteiger partial charge in [0, 0.05) is 45.6 Å². The molecule has 0 amide bonds. The Morgan fingerprint density at radius 3 is 2.52 bits per heavy atom. The number of hydrogen-bond donors (Lipinski definition) is 0. The van der Waals surface area contributed by atoms with E-state index in [4.69, 9.17) is 5.10 Å². The predicted octanol–water partition coefficient (Wildman–Crippen LogP) is 1.49. The molecule has 0 radical (unpaired) electrons. The van der Waals surface area contributed by atoms with Crippen LogP contribution in [0.5, 0.6) is 0 Å². The summed E-state index contributed by atoms with van der Waals surface area (Å²) in [5.74, 6) is 3.16. The van der Waals surface area contributed by atoms with Crippen LogP contribution in [-0.4, -0.2) is 75.3 Å². The monoisotopic (exact) mass is 387 g/mol. The maximum absolute atomic E-state index is 4.70. The second-order valence-electron chi connectivity index (χ2n) is 7.35. The zero-order chi connectivity index (χ0) is 19.0. The molecule has 0 spiro atoms. The SMILES string of the molecule is CN(C)c1ccc2nnc(C3CCN(Cc4nsc(N(C)C)n4)CC3)n2n1. The third-order valence-corrected chi connectivity index (χ3v) is 5.81. The molecule has 0 aliphatic carbocycles. The number of likely N-dealkylation sites (tertiary alicyclic amines) is 1. The van der Waals surface area contributed by atoms with E-state index in [1.54, 1.807) is 0 Å². The Bertz CT molecular complexity index is 908. The Labute approximate surface area is 162 Å². The van der Waals surface area contributed by atoms with Gasteiger partial charge in [-0.2, -0.15) is 8.89 Å². The molecule has 4 rings (SSSR count). The molecule has 27 heavy (non-hydrogen) atoms. The molecule has 4 heterocycles. The van der Waals surface area contributed by atoms with E-state index in [1.165, 1.54) is 11.5 Å². The zero-order valence-corrected chi connectivity index (χ0v) is 17.0.